The molecule has 16 heavy (non-hydrogen) atoms. The molecular weight excluding hydrogens is 204 g/mol. The Bertz CT molecular complexity index is 375. The highest BCUT2D eigenvalue weighted by Crippen LogP contribution is 2.13. The van der Waals surface area contributed by atoms with Crippen molar-refractivity contribution in [3.63, 3.8) is 0 Å². The van der Waals surface area contributed by atoms with Gasteiger partial charge in [0.25, 0.3) is 5.91 Å². The number of hydrogen-bond acceptors (Lipinski definition) is 3. The van der Waals surface area contributed by atoms with E-state index in [1.54, 1.807) is 24.3 Å². The highest BCUT2D eigenvalue weighted by Gasteiger charge is 2.24. The molecule has 1 atom stereocenters. The maximum atomic E-state index is 12.2. The number of morpholine rings is 1. The highest BCUT2D eigenvalue weighted by atomic mass is 16.5. The summed E-state index contributed by atoms with van der Waals surface area (Å²) >= 11 is 0. The van der Waals surface area contributed by atoms with E-state index in [9.17, 15) is 4.79 Å². The molecule has 2 N–H and O–H groups in total. The normalized spacial score (nSPS) is 20.8. The standard InChI is InChI=1S/C12H16N2O2/c1-9-8-16-7-6-14(9)12(15)10-2-4-11(13)5-3-10/h2-5,9H,6-8,13H2,1H3. The van der Waals surface area contributed by atoms with E-state index < -0.39 is 0 Å². The lowest BCUT2D eigenvalue weighted by Gasteiger charge is -2.33. The largest absolute Gasteiger partial charge is 0.399 e. The van der Waals surface area contributed by atoms with E-state index in [2.05, 4.69) is 0 Å². The third-order valence-corrected chi connectivity index (χ3v) is 2.79. The summed E-state index contributed by atoms with van der Waals surface area (Å²) in [6.45, 7) is 3.88. The SMILES string of the molecule is CC1COCCN1C(=O)c1ccc(N)cc1. The minimum atomic E-state index is 0.0517. The zero-order valence-corrected chi connectivity index (χ0v) is 9.35. The predicted octanol–water partition coefficient (Wildman–Crippen LogP) is 1.13. The molecule has 0 aliphatic carbocycles. The Morgan fingerprint density at radius 2 is 2.12 bits per heavy atom. The summed E-state index contributed by atoms with van der Waals surface area (Å²) in [6.07, 6.45) is 0. The Balaban J connectivity index is 2.14. The van der Waals surface area contributed by atoms with Crippen LogP contribution in [0, 0.1) is 0 Å². The Morgan fingerprint density at radius 3 is 2.75 bits per heavy atom. The van der Waals surface area contributed by atoms with Crippen LogP contribution in [0.1, 0.15) is 17.3 Å². The first kappa shape index (κ1) is 11.0. The molecule has 4 nitrogen and oxygen atoms in total. The second kappa shape index (κ2) is 4.53. The lowest BCUT2D eigenvalue weighted by molar-refractivity contribution is 0.00360. The molecule has 0 spiro atoms. The van der Waals surface area contributed by atoms with Crippen molar-refractivity contribution in [2.75, 3.05) is 25.5 Å². The highest BCUT2D eigenvalue weighted by molar-refractivity contribution is 5.94. The molecule has 1 amide bonds. The minimum absolute atomic E-state index is 0.0517. The Hall–Kier alpha value is -1.55. The monoisotopic (exact) mass is 220 g/mol. The first-order valence-corrected chi connectivity index (χ1v) is 5.43. The minimum Gasteiger partial charge on any atom is -0.399 e. The van der Waals surface area contributed by atoms with Gasteiger partial charge in [-0.15, -0.1) is 0 Å². The molecule has 1 aromatic rings. The molecule has 1 saturated heterocycles. The maximum absolute atomic E-state index is 12.2. The number of anilines is 1. The molecule has 1 aromatic carbocycles. The van der Waals surface area contributed by atoms with E-state index in [0.717, 1.165) is 0 Å². The van der Waals surface area contributed by atoms with Crippen LogP contribution in [0.2, 0.25) is 0 Å². The Morgan fingerprint density at radius 1 is 1.44 bits per heavy atom. The number of amides is 1. The van der Waals surface area contributed by atoms with Gasteiger partial charge in [-0.2, -0.15) is 0 Å². The van der Waals surface area contributed by atoms with E-state index in [4.69, 9.17) is 10.5 Å². The molecule has 4 heteroatoms. The smallest absolute Gasteiger partial charge is 0.254 e. The van der Waals surface area contributed by atoms with Crippen molar-refractivity contribution in [3.8, 4) is 0 Å². The van der Waals surface area contributed by atoms with Gasteiger partial charge in [-0.05, 0) is 31.2 Å². The quantitative estimate of drug-likeness (QED) is 0.722. The van der Waals surface area contributed by atoms with Crippen molar-refractivity contribution in [2.45, 2.75) is 13.0 Å². The van der Waals surface area contributed by atoms with E-state index in [-0.39, 0.29) is 11.9 Å². The average Bonchev–Trinajstić information content (AvgIpc) is 2.30. The number of carbonyl (C=O) groups is 1. The molecule has 1 aliphatic heterocycles. The van der Waals surface area contributed by atoms with Gasteiger partial charge >= 0.3 is 0 Å². The average molecular weight is 220 g/mol. The van der Waals surface area contributed by atoms with Gasteiger partial charge in [0, 0.05) is 17.8 Å². The third-order valence-electron chi connectivity index (χ3n) is 2.79. The zero-order chi connectivity index (χ0) is 11.5. The number of hydrogen-bond donors (Lipinski definition) is 1. The number of nitrogens with two attached hydrogens (primary N) is 1. The van der Waals surface area contributed by atoms with Crippen LogP contribution in [0.4, 0.5) is 5.69 Å². The number of nitrogen functional groups attached to an aromatic ring is 1. The number of ether oxygens (including phenoxy) is 1. The van der Waals surface area contributed by atoms with Crippen molar-refractivity contribution in [2.24, 2.45) is 0 Å². The summed E-state index contributed by atoms with van der Waals surface area (Å²) in [5, 5.41) is 0. The molecule has 1 unspecified atom stereocenters. The fourth-order valence-corrected chi connectivity index (χ4v) is 1.82. The van der Waals surface area contributed by atoms with Crippen LogP contribution in [0.25, 0.3) is 0 Å². The van der Waals surface area contributed by atoms with Gasteiger partial charge in [-0.1, -0.05) is 0 Å². The molecular formula is C12H16N2O2. The third kappa shape index (κ3) is 2.17. The van der Waals surface area contributed by atoms with Crippen molar-refractivity contribution in [3.05, 3.63) is 29.8 Å². The summed E-state index contributed by atoms with van der Waals surface area (Å²) in [5.74, 6) is 0.0517. The summed E-state index contributed by atoms with van der Waals surface area (Å²) < 4.78 is 5.30. The van der Waals surface area contributed by atoms with Crippen LogP contribution in [-0.2, 0) is 4.74 Å². The van der Waals surface area contributed by atoms with Gasteiger partial charge in [0.2, 0.25) is 0 Å². The molecule has 0 bridgehead atoms. The molecule has 0 saturated carbocycles. The molecule has 1 heterocycles. The number of benzene rings is 1. The van der Waals surface area contributed by atoms with Gasteiger partial charge in [-0.25, -0.2) is 0 Å². The second-order valence-electron chi connectivity index (χ2n) is 4.04. The lowest BCUT2D eigenvalue weighted by Crippen LogP contribution is -2.47. The summed E-state index contributed by atoms with van der Waals surface area (Å²) in [5.41, 5.74) is 6.94. The zero-order valence-electron chi connectivity index (χ0n) is 9.35. The van der Waals surface area contributed by atoms with Crippen LogP contribution >= 0.6 is 0 Å². The van der Waals surface area contributed by atoms with E-state index in [1.807, 2.05) is 11.8 Å². The second-order valence-corrected chi connectivity index (χ2v) is 4.04. The molecule has 1 aliphatic rings. The molecule has 0 aromatic heterocycles. The molecule has 2 rings (SSSR count). The molecule has 86 valence electrons. The van der Waals surface area contributed by atoms with Crippen molar-refractivity contribution >= 4 is 11.6 Å². The van der Waals surface area contributed by atoms with Crippen LogP contribution in [0.15, 0.2) is 24.3 Å². The predicted molar refractivity (Wildman–Crippen MR) is 62.2 cm³/mol. The summed E-state index contributed by atoms with van der Waals surface area (Å²) in [7, 11) is 0. The molecule has 0 radical (unpaired) electrons. The molecule has 1 fully saturated rings. The number of carbonyl (C=O) groups excluding carboxylic acids is 1. The van der Waals surface area contributed by atoms with E-state index in [1.165, 1.54) is 0 Å². The van der Waals surface area contributed by atoms with Crippen LogP contribution in [0.3, 0.4) is 0 Å². The van der Waals surface area contributed by atoms with Crippen LogP contribution in [-0.4, -0.2) is 36.6 Å². The van der Waals surface area contributed by atoms with Gasteiger partial charge in [0.1, 0.15) is 0 Å². The van der Waals surface area contributed by atoms with Crippen molar-refractivity contribution in [1.29, 1.82) is 0 Å². The van der Waals surface area contributed by atoms with Gasteiger partial charge in [0.05, 0.1) is 19.3 Å². The van der Waals surface area contributed by atoms with Gasteiger partial charge in [0.15, 0.2) is 0 Å². The summed E-state index contributed by atoms with van der Waals surface area (Å²) in [6, 6.07) is 7.16. The fourth-order valence-electron chi connectivity index (χ4n) is 1.82. The fraction of sp³-hybridized carbons (Fsp3) is 0.417. The van der Waals surface area contributed by atoms with Gasteiger partial charge in [-0.3, -0.25) is 4.79 Å². The van der Waals surface area contributed by atoms with Crippen molar-refractivity contribution < 1.29 is 9.53 Å². The number of nitrogens with zero attached hydrogens (tertiary/aromatic N) is 1. The maximum Gasteiger partial charge on any atom is 0.254 e. The Kier molecular flexibility index (Phi) is 3.10. The van der Waals surface area contributed by atoms with E-state index >= 15 is 0 Å². The topological polar surface area (TPSA) is 55.6 Å². The van der Waals surface area contributed by atoms with E-state index in [0.29, 0.717) is 31.0 Å². The summed E-state index contributed by atoms with van der Waals surface area (Å²) in [4.78, 5) is 14.0. The van der Waals surface area contributed by atoms with Crippen LogP contribution < -0.4 is 5.73 Å². The van der Waals surface area contributed by atoms with Gasteiger partial charge < -0.3 is 15.4 Å². The first-order chi connectivity index (χ1) is 7.68. The Labute approximate surface area is 95.0 Å². The first-order valence-electron chi connectivity index (χ1n) is 5.43. The van der Waals surface area contributed by atoms with Crippen LogP contribution in [0.5, 0.6) is 0 Å². The lowest BCUT2D eigenvalue weighted by atomic mass is 10.1. The number of rotatable bonds is 1. The van der Waals surface area contributed by atoms with Crippen molar-refractivity contribution in [1.82, 2.24) is 4.90 Å².